The molecule has 10 nitrogen and oxygen atoms in total. The minimum atomic E-state index is -5.01. The van der Waals surface area contributed by atoms with Gasteiger partial charge in [0.05, 0.1) is 11.4 Å². The summed E-state index contributed by atoms with van der Waals surface area (Å²) in [6.07, 6.45) is -8.23. The number of hydrogen-bond donors (Lipinski definition) is 4. The number of hydrogen-bond acceptors (Lipinski definition) is 6. The van der Waals surface area contributed by atoms with Crippen LogP contribution in [0.2, 0.25) is 0 Å². The standard InChI is InChI=1S/C27H28F6N6O4/c1-16(18-8-12-20(13-9-18)34-24(42)26(28,29)30)36-38-22(40)6-4-3-5-7-23(41)39-37-17(2)19-10-14-21(15-11-19)35-25(43)27(31,32)33/h8-15H,3-7H2,1-2H3,(H,34,42)(H,35,43)(H,38,40)(H,39,41). The Morgan fingerprint density at radius 3 is 1.21 bits per heavy atom. The lowest BCUT2D eigenvalue weighted by Crippen LogP contribution is -2.29. The quantitative estimate of drug-likeness (QED) is 0.115. The molecule has 2 aromatic rings. The van der Waals surface area contributed by atoms with Crippen molar-refractivity contribution < 1.29 is 45.5 Å². The SMILES string of the molecule is CC(=NNC(=O)CCCCCC(=O)NN=C(C)c1ccc(NC(=O)C(F)(F)F)cc1)c1ccc(NC(=O)C(F)(F)F)cc1. The van der Waals surface area contributed by atoms with E-state index in [9.17, 15) is 45.5 Å². The van der Waals surface area contributed by atoms with Gasteiger partial charge in [-0.15, -0.1) is 0 Å². The molecule has 232 valence electrons. The van der Waals surface area contributed by atoms with E-state index in [1.165, 1.54) is 48.5 Å². The van der Waals surface area contributed by atoms with E-state index in [-0.39, 0.29) is 36.0 Å². The van der Waals surface area contributed by atoms with Gasteiger partial charge in [-0.1, -0.05) is 30.7 Å². The number of carbonyl (C=O) groups excluding carboxylic acids is 4. The average Bonchev–Trinajstić information content (AvgIpc) is 2.94. The van der Waals surface area contributed by atoms with Crippen molar-refractivity contribution in [1.29, 1.82) is 0 Å². The fraction of sp³-hybridized carbons (Fsp3) is 0.333. The van der Waals surface area contributed by atoms with Crippen molar-refractivity contribution >= 4 is 46.4 Å². The lowest BCUT2D eigenvalue weighted by molar-refractivity contribution is -0.167. The number of rotatable bonds is 12. The van der Waals surface area contributed by atoms with Crippen LogP contribution in [-0.2, 0) is 19.2 Å². The van der Waals surface area contributed by atoms with Gasteiger partial charge in [-0.05, 0) is 62.1 Å². The van der Waals surface area contributed by atoms with Crippen molar-refractivity contribution in [3.05, 3.63) is 59.7 Å². The number of benzene rings is 2. The predicted molar refractivity (Wildman–Crippen MR) is 146 cm³/mol. The number of hydrazone groups is 2. The minimum Gasteiger partial charge on any atom is -0.318 e. The first kappa shape index (κ1) is 34.4. The fourth-order valence-corrected chi connectivity index (χ4v) is 3.27. The van der Waals surface area contributed by atoms with Gasteiger partial charge in [-0.3, -0.25) is 19.2 Å². The summed E-state index contributed by atoms with van der Waals surface area (Å²) in [5.41, 5.74) is 6.46. The van der Waals surface area contributed by atoms with Crippen LogP contribution in [0.1, 0.15) is 57.1 Å². The molecule has 0 heterocycles. The van der Waals surface area contributed by atoms with Crippen LogP contribution in [0.5, 0.6) is 0 Å². The van der Waals surface area contributed by atoms with Crippen molar-refractivity contribution in [3.8, 4) is 0 Å². The van der Waals surface area contributed by atoms with E-state index in [1.807, 2.05) is 0 Å². The average molecular weight is 615 g/mol. The highest BCUT2D eigenvalue weighted by atomic mass is 19.4. The van der Waals surface area contributed by atoms with Crippen LogP contribution in [-0.4, -0.2) is 47.4 Å². The Morgan fingerprint density at radius 1 is 0.581 bits per heavy atom. The van der Waals surface area contributed by atoms with Gasteiger partial charge in [0.25, 0.3) is 0 Å². The summed E-state index contributed by atoms with van der Waals surface area (Å²) in [4.78, 5) is 46.0. The topological polar surface area (TPSA) is 141 Å². The number of unbranched alkanes of at least 4 members (excludes halogenated alkanes) is 2. The zero-order valence-corrected chi connectivity index (χ0v) is 22.9. The third-order valence-corrected chi connectivity index (χ3v) is 5.64. The maximum Gasteiger partial charge on any atom is 0.471 e. The zero-order valence-electron chi connectivity index (χ0n) is 22.9. The molecule has 0 unspecified atom stereocenters. The molecular formula is C27H28F6N6O4. The molecule has 0 fully saturated rings. The highest BCUT2D eigenvalue weighted by Crippen LogP contribution is 2.20. The van der Waals surface area contributed by atoms with Crippen molar-refractivity contribution in [1.82, 2.24) is 10.9 Å². The number of alkyl halides is 6. The van der Waals surface area contributed by atoms with E-state index in [1.54, 1.807) is 24.5 Å². The first-order chi connectivity index (χ1) is 20.1. The summed E-state index contributed by atoms with van der Waals surface area (Å²) >= 11 is 0. The Balaban J connectivity index is 1.67. The molecule has 0 aliphatic carbocycles. The molecule has 43 heavy (non-hydrogen) atoms. The molecule has 2 rings (SSSR count). The summed E-state index contributed by atoms with van der Waals surface area (Å²) in [6, 6.07) is 10.8. The number of nitrogens with one attached hydrogen (secondary N) is 4. The molecule has 0 saturated carbocycles. The number of carbonyl (C=O) groups is 4. The molecule has 0 spiro atoms. The molecule has 0 atom stereocenters. The minimum absolute atomic E-state index is 0.0494. The molecule has 0 radical (unpaired) electrons. The van der Waals surface area contributed by atoms with Crippen LogP contribution >= 0.6 is 0 Å². The maximum absolute atomic E-state index is 12.3. The Labute approximate surface area is 242 Å². The summed E-state index contributed by atoms with van der Waals surface area (Å²) in [6.45, 7) is 3.17. The fourth-order valence-electron chi connectivity index (χ4n) is 3.27. The first-order valence-corrected chi connectivity index (χ1v) is 12.7. The number of halogens is 6. The molecule has 0 aliphatic heterocycles. The van der Waals surface area contributed by atoms with Crippen LogP contribution in [0.25, 0.3) is 0 Å². The van der Waals surface area contributed by atoms with E-state index < -0.39 is 24.2 Å². The van der Waals surface area contributed by atoms with E-state index in [4.69, 9.17) is 0 Å². The Hall–Kier alpha value is -4.76. The zero-order chi connectivity index (χ0) is 32.2. The van der Waals surface area contributed by atoms with Gasteiger partial charge < -0.3 is 10.6 Å². The molecule has 2 aromatic carbocycles. The van der Waals surface area contributed by atoms with Gasteiger partial charge in [0.15, 0.2) is 0 Å². The normalized spacial score (nSPS) is 12.4. The summed E-state index contributed by atoms with van der Waals surface area (Å²) in [5.74, 6) is -4.93. The van der Waals surface area contributed by atoms with E-state index in [2.05, 4.69) is 21.1 Å². The van der Waals surface area contributed by atoms with E-state index in [0.717, 1.165) is 0 Å². The lowest BCUT2D eigenvalue weighted by atomic mass is 10.1. The van der Waals surface area contributed by atoms with Gasteiger partial charge in [0, 0.05) is 24.2 Å². The first-order valence-electron chi connectivity index (χ1n) is 12.7. The van der Waals surface area contributed by atoms with Crippen LogP contribution in [0.3, 0.4) is 0 Å². The van der Waals surface area contributed by atoms with Gasteiger partial charge in [-0.25, -0.2) is 10.9 Å². The van der Waals surface area contributed by atoms with Crippen molar-refractivity contribution in [3.63, 3.8) is 0 Å². The maximum atomic E-state index is 12.3. The van der Waals surface area contributed by atoms with Crippen LogP contribution in [0.4, 0.5) is 37.7 Å². The smallest absolute Gasteiger partial charge is 0.318 e. The van der Waals surface area contributed by atoms with Crippen LogP contribution in [0.15, 0.2) is 58.7 Å². The Kier molecular flexibility index (Phi) is 12.4. The highest BCUT2D eigenvalue weighted by molar-refractivity contribution is 6.01. The van der Waals surface area contributed by atoms with Gasteiger partial charge >= 0.3 is 24.2 Å². The second-order valence-electron chi connectivity index (χ2n) is 9.08. The summed E-state index contributed by atoms with van der Waals surface area (Å²) in [7, 11) is 0. The molecular weight excluding hydrogens is 586 g/mol. The van der Waals surface area contributed by atoms with Crippen molar-refractivity contribution in [2.24, 2.45) is 10.2 Å². The Bertz CT molecular complexity index is 1250. The van der Waals surface area contributed by atoms with Crippen molar-refractivity contribution in [2.75, 3.05) is 10.6 Å². The third kappa shape index (κ3) is 12.3. The van der Waals surface area contributed by atoms with E-state index >= 15 is 0 Å². The van der Waals surface area contributed by atoms with Crippen LogP contribution < -0.4 is 21.5 Å². The Morgan fingerprint density at radius 2 is 0.907 bits per heavy atom. The second kappa shape index (κ2) is 15.5. The number of anilines is 2. The van der Waals surface area contributed by atoms with Crippen molar-refractivity contribution in [2.45, 2.75) is 58.3 Å². The molecule has 16 heteroatoms. The molecule has 4 amide bonds. The monoisotopic (exact) mass is 614 g/mol. The molecule has 4 N–H and O–H groups in total. The third-order valence-electron chi connectivity index (χ3n) is 5.64. The molecule has 0 saturated heterocycles. The molecule has 0 bridgehead atoms. The van der Waals surface area contributed by atoms with Gasteiger partial charge in [-0.2, -0.15) is 36.5 Å². The van der Waals surface area contributed by atoms with Gasteiger partial charge in [0.2, 0.25) is 11.8 Å². The van der Waals surface area contributed by atoms with Crippen LogP contribution in [0, 0.1) is 0 Å². The number of amides is 4. The summed E-state index contributed by atoms with van der Waals surface area (Å²) < 4.78 is 74.0. The summed E-state index contributed by atoms with van der Waals surface area (Å²) in [5, 5.41) is 11.4. The highest BCUT2D eigenvalue weighted by Gasteiger charge is 2.39. The van der Waals surface area contributed by atoms with Gasteiger partial charge in [0.1, 0.15) is 0 Å². The predicted octanol–water partition coefficient (Wildman–Crippen LogP) is 5.02. The number of nitrogens with zero attached hydrogens (tertiary/aromatic N) is 2. The molecule has 0 aliphatic rings. The largest absolute Gasteiger partial charge is 0.471 e. The van der Waals surface area contributed by atoms with E-state index in [0.29, 0.717) is 41.8 Å². The second-order valence-corrected chi connectivity index (χ2v) is 9.08. The molecule has 0 aromatic heterocycles. The lowest BCUT2D eigenvalue weighted by Gasteiger charge is -2.09.